The predicted molar refractivity (Wildman–Crippen MR) is 28.4 cm³/mol. The molecule has 9 nitrogen and oxygen atoms in total. The Morgan fingerprint density at radius 3 is 0.800 bits per heavy atom. The normalized spacial score (nSPS) is 2.40. The Morgan fingerprint density at radius 2 is 0.800 bits per heavy atom. The van der Waals surface area contributed by atoms with Gasteiger partial charge in [-0.3, -0.25) is 0 Å². The van der Waals surface area contributed by atoms with Crippen LogP contribution in [0.15, 0.2) is 0 Å². The van der Waals surface area contributed by atoms with Crippen molar-refractivity contribution in [1.29, 1.82) is 0 Å². The summed E-state index contributed by atoms with van der Waals surface area (Å²) in [7, 11) is 0. The maximum Gasteiger partial charge on any atom is 3.00 e. The van der Waals surface area contributed by atoms with Crippen LogP contribution in [0.1, 0.15) is 0 Å². The topological polar surface area (TPSA) is 224 Å². The molecule has 0 rings (SSSR count). The first-order valence-electron chi connectivity index (χ1n) is 0.548. The summed E-state index contributed by atoms with van der Waals surface area (Å²) >= 11 is 0. The van der Waals surface area contributed by atoms with Gasteiger partial charge in [0.15, 0.2) is 0 Å². The summed E-state index contributed by atoms with van der Waals surface area (Å²) in [6.07, 6.45) is 0. The fraction of sp³-hybridized carbons (Fsp3) is 0. The second-order valence-corrected chi connectivity index (χ2v) is 0.224. The van der Waals surface area contributed by atoms with Crippen molar-refractivity contribution in [2.75, 3.05) is 0 Å². The molecule has 65 valence electrons. The molecule has 0 spiro atoms. The smallest absolute Gasteiger partial charge is 0.412 e. The Morgan fingerprint density at radius 1 is 0.800 bits per heavy atom. The van der Waals surface area contributed by atoms with Gasteiger partial charge in [0, 0.05) is 0 Å². The Labute approximate surface area is 88.2 Å². The molecule has 0 unspecified atom stereocenters. The van der Waals surface area contributed by atoms with E-state index < -0.39 is 5.09 Å². The predicted octanol–water partition coefficient (Wildman–Crippen LogP) is -4.36. The van der Waals surface area contributed by atoms with E-state index in [1.807, 2.05) is 0 Å². The van der Waals surface area contributed by atoms with Gasteiger partial charge >= 0.3 is 40.8 Å². The number of hydrogen-bond donors (Lipinski definition) is 0. The van der Waals surface area contributed by atoms with Gasteiger partial charge in [-0.2, -0.15) is 0 Å². The summed E-state index contributed by atoms with van der Waals surface area (Å²) in [6.45, 7) is 0. The molecule has 0 aliphatic carbocycles. The molecule has 0 atom stereocenters. The molecule has 0 aromatic rings. The summed E-state index contributed by atoms with van der Waals surface area (Å²) in [5.41, 5.74) is 0. The van der Waals surface area contributed by atoms with E-state index in [4.69, 9.17) is 15.3 Å². The minimum absolute atomic E-state index is 0. The van der Waals surface area contributed by atoms with Gasteiger partial charge in [-0.1, -0.05) is 0 Å². The molecular formula is H10NNdO8+2. The summed E-state index contributed by atoms with van der Waals surface area (Å²) in [5.74, 6) is 0. The van der Waals surface area contributed by atoms with Crippen molar-refractivity contribution < 1.29 is 73.3 Å². The van der Waals surface area contributed by atoms with Gasteiger partial charge in [-0.25, -0.2) is 0 Å². The first-order chi connectivity index (χ1) is 1.73. The molecule has 1 radical (unpaired) electrons. The van der Waals surface area contributed by atoms with E-state index in [9.17, 15) is 0 Å². The molecule has 0 aromatic carbocycles. The van der Waals surface area contributed by atoms with Crippen LogP contribution in [0.25, 0.3) is 0 Å². The average molecular weight is 296 g/mol. The minimum Gasteiger partial charge on any atom is -0.412 e. The second kappa shape index (κ2) is 58.1. The van der Waals surface area contributed by atoms with E-state index in [1.165, 1.54) is 0 Å². The maximum absolute atomic E-state index is 8.25. The molecule has 0 aliphatic rings. The van der Waals surface area contributed by atoms with Crippen LogP contribution in [0.2, 0.25) is 0 Å². The zero-order chi connectivity index (χ0) is 3.58. The van der Waals surface area contributed by atoms with Crippen LogP contribution in [0.5, 0.6) is 0 Å². The van der Waals surface area contributed by atoms with Gasteiger partial charge in [0.2, 0.25) is 0 Å². The summed E-state index contributed by atoms with van der Waals surface area (Å²) in [6, 6.07) is 0. The Hall–Kier alpha value is 0.351. The van der Waals surface area contributed by atoms with Crippen LogP contribution >= 0.6 is 0 Å². The third kappa shape index (κ3) is 3670. The van der Waals surface area contributed by atoms with E-state index in [1.54, 1.807) is 0 Å². The van der Waals surface area contributed by atoms with Crippen LogP contribution in [-0.4, -0.2) is 32.5 Å². The molecular weight excluding hydrogens is 286 g/mol. The van der Waals surface area contributed by atoms with E-state index >= 15 is 0 Å². The van der Waals surface area contributed by atoms with Crippen molar-refractivity contribution >= 4 is 0 Å². The SMILES string of the molecule is O.O.O.O.O.O=[N+]([O-])[O-].[Nd+3]. The van der Waals surface area contributed by atoms with Gasteiger partial charge in [0.1, 0.15) is 0 Å². The summed E-state index contributed by atoms with van der Waals surface area (Å²) in [5, 5.41) is 14.8. The number of hydrogen-bond acceptors (Lipinski definition) is 3. The van der Waals surface area contributed by atoms with E-state index in [-0.39, 0.29) is 68.2 Å². The fourth-order valence-corrected chi connectivity index (χ4v) is 0. The van der Waals surface area contributed by atoms with Crippen LogP contribution in [0.4, 0.5) is 0 Å². The molecule has 0 bridgehead atoms. The molecule has 0 aromatic heterocycles. The van der Waals surface area contributed by atoms with E-state index in [0.29, 0.717) is 0 Å². The second-order valence-electron chi connectivity index (χ2n) is 0.224. The molecule has 0 fully saturated rings. The van der Waals surface area contributed by atoms with E-state index in [2.05, 4.69) is 0 Å². The van der Waals surface area contributed by atoms with Gasteiger partial charge < -0.3 is 42.7 Å². The monoisotopic (exact) mass is 294 g/mol. The molecule has 0 amide bonds. The average Bonchev–Trinajstić information content (AvgIpc) is 0.811. The van der Waals surface area contributed by atoms with Crippen molar-refractivity contribution in [3.8, 4) is 0 Å². The molecule has 0 saturated carbocycles. The van der Waals surface area contributed by atoms with Crippen molar-refractivity contribution in [2.24, 2.45) is 0 Å². The quantitative estimate of drug-likeness (QED) is 0.319. The first-order valence-corrected chi connectivity index (χ1v) is 0.548. The zero-order valence-corrected chi connectivity index (χ0v) is 7.88. The molecule has 10 heteroatoms. The number of rotatable bonds is 0. The molecule has 0 saturated heterocycles. The Balaban J connectivity index is -0.00000000300. The molecule has 10 N–H and O–H groups in total. The van der Waals surface area contributed by atoms with Crippen LogP contribution in [0.3, 0.4) is 0 Å². The Kier molecular flexibility index (Phi) is 468. The van der Waals surface area contributed by atoms with Gasteiger partial charge in [-0.15, -0.1) is 0 Å². The van der Waals surface area contributed by atoms with Crippen LogP contribution in [0, 0.1) is 56.2 Å². The maximum atomic E-state index is 8.25. The third-order valence-electron chi connectivity index (χ3n) is 0. The number of nitrogens with zero attached hydrogens (tertiary/aromatic N) is 1. The summed E-state index contributed by atoms with van der Waals surface area (Å²) in [4.78, 5) is 8.25. The first kappa shape index (κ1) is 80.6. The molecule has 0 aliphatic heterocycles. The van der Waals surface area contributed by atoms with Crippen molar-refractivity contribution in [2.45, 2.75) is 0 Å². The summed E-state index contributed by atoms with van der Waals surface area (Å²) < 4.78 is 0. The van der Waals surface area contributed by atoms with Crippen molar-refractivity contribution in [1.82, 2.24) is 0 Å². The van der Waals surface area contributed by atoms with Gasteiger partial charge in [0.25, 0.3) is 0 Å². The molecule has 10 heavy (non-hydrogen) atoms. The largest absolute Gasteiger partial charge is 3.00 e. The van der Waals surface area contributed by atoms with Gasteiger partial charge in [0.05, 0.1) is 5.09 Å². The Bertz CT molecular complexity index is 32.2. The fourth-order valence-electron chi connectivity index (χ4n) is 0. The zero-order valence-electron chi connectivity index (χ0n) is 4.67. The standard InChI is InChI=1S/NO3.Nd.5H2O/c2-1(3)4;;;;;;/h;;5*1H2/q-1;+3;;;;;. The minimum atomic E-state index is -1.75. The van der Waals surface area contributed by atoms with Crippen molar-refractivity contribution in [3.05, 3.63) is 15.3 Å². The third-order valence-corrected chi connectivity index (χ3v) is 0. The van der Waals surface area contributed by atoms with Gasteiger partial charge in [-0.05, 0) is 0 Å². The van der Waals surface area contributed by atoms with Crippen LogP contribution in [-0.2, 0) is 0 Å². The van der Waals surface area contributed by atoms with E-state index in [0.717, 1.165) is 0 Å². The molecule has 0 heterocycles. The van der Waals surface area contributed by atoms with Crippen molar-refractivity contribution in [3.63, 3.8) is 0 Å². The van der Waals surface area contributed by atoms with Crippen LogP contribution < -0.4 is 0 Å².